The first-order chi connectivity index (χ1) is 20.2. The average Bonchev–Trinajstić information content (AvgIpc) is 3.79. The highest BCUT2D eigenvalue weighted by Crippen LogP contribution is 2.48. The van der Waals surface area contributed by atoms with E-state index in [-0.39, 0.29) is 29.9 Å². The Labute approximate surface area is 248 Å². The van der Waals surface area contributed by atoms with Crippen molar-refractivity contribution in [2.24, 2.45) is 5.92 Å². The van der Waals surface area contributed by atoms with Crippen LogP contribution in [0.1, 0.15) is 37.5 Å². The Morgan fingerprint density at radius 3 is 1.69 bits per heavy atom. The van der Waals surface area contributed by atoms with Gasteiger partial charge in [-0.15, -0.1) is 0 Å². The topological polar surface area (TPSA) is 84.2 Å². The number of benzene rings is 3. The van der Waals surface area contributed by atoms with E-state index in [0.29, 0.717) is 26.2 Å². The molecule has 2 heterocycles. The van der Waals surface area contributed by atoms with Crippen molar-refractivity contribution in [1.82, 2.24) is 19.6 Å². The third kappa shape index (κ3) is 5.27. The fraction of sp³-hybridized carbons (Fsp3) is 0.382. The highest BCUT2D eigenvalue weighted by Gasteiger charge is 2.57. The number of aliphatic carboxylic acids is 1. The molecule has 4 atom stereocenters. The predicted octanol–water partition coefficient (Wildman–Crippen LogP) is 4.36. The number of hydrogen-bond acceptors (Lipinski definition) is 4. The van der Waals surface area contributed by atoms with Gasteiger partial charge >= 0.3 is 12.0 Å². The summed E-state index contributed by atoms with van der Waals surface area (Å²) in [5.74, 6) is -1.19. The van der Waals surface area contributed by atoms with Crippen molar-refractivity contribution < 1.29 is 19.5 Å². The first-order valence-electron chi connectivity index (χ1n) is 14.7. The molecule has 0 bridgehead atoms. The second kappa shape index (κ2) is 12.0. The minimum atomic E-state index is -1.02. The molecule has 3 aromatic carbocycles. The predicted molar refractivity (Wildman–Crippen MR) is 162 cm³/mol. The number of carboxylic acids is 1. The second-order valence-electron chi connectivity index (χ2n) is 11.7. The molecule has 8 heteroatoms. The number of carboxylic acid groups (broad SMARTS) is 1. The van der Waals surface area contributed by atoms with Gasteiger partial charge in [-0.3, -0.25) is 9.69 Å². The fourth-order valence-corrected chi connectivity index (χ4v) is 6.65. The molecule has 5 rings (SSSR count). The Bertz CT molecular complexity index is 1300. The van der Waals surface area contributed by atoms with Gasteiger partial charge in [0.15, 0.2) is 0 Å². The Kier molecular flexibility index (Phi) is 8.36. The van der Waals surface area contributed by atoms with Gasteiger partial charge in [0.2, 0.25) is 5.91 Å². The summed E-state index contributed by atoms with van der Waals surface area (Å²) in [5, 5.41) is 9.66. The summed E-state index contributed by atoms with van der Waals surface area (Å²) in [5.41, 5.74) is 2.66. The zero-order valence-electron chi connectivity index (χ0n) is 24.8. The smallest absolute Gasteiger partial charge is 0.326 e. The molecule has 1 N–H and O–H groups in total. The van der Waals surface area contributed by atoms with Gasteiger partial charge < -0.3 is 19.8 Å². The van der Waals surface area contributed by atoms with Crippen molar-refractivity contribution in [3.05, 3.63) is 108 Å². The molecule has 0 saturated carbocycles. The van der Waals surface area contributed by atoms with Crippen molar-refractivity contribution in [3.8, 4) is 0 Å². The minimum Gasteiger partial charge on any atom is -0.480 e. The zero-order valence-corrected chi connectivity index (χ0v) is 24.8. The SMILES string of the molecule is CC(C)[C@@H](C(=O)O)N(C)C(=O)N1CCN(C(=O)[C@H]2CN2C(c2ccccc2)(c2ccccc2)c2ccccc2)[C@H](C)C1. The Hall–Kier alpha value is -4.17. The molecule has 1 unspecified atom stereocenters. The van der Waals surface area contributed by atoms with Crippen molar-refractivity contribution in [2.75, 3.05) is 33.2 Å². The lowest BCUT2D eigenvalue weighted by atomic mass is 9.76. The maximum Gasteiger partial charge on any atom is 0.326 e. The second-order valence-corrected chi connectivity index (χ2v) is 11.7. The highest BCUT2D eigenvalue weighted by molar-refractivity contribution is 5.87. The van der Waals surface area contributed by atoms with Crippen LogP contribution in [-0.2, 0) is 15.1 Å². The lowest BCUT2D eigenvalue weighted by Gasteiger charge is -2.43. The van der Waals surface area contributed by atoms with Crippen LogP contribution in [0, 0.1) is 5.92 Å². The van der Waals surface area contributed by atoms with Crippen LogP contribution < -0.4 is 0 Å². The number of urea groups is 1. The van der Waals surface area contributed by atoms with E-state index < -0.39 is 17.6 Å². The number of rotatable bonds is 8. The maximum absolute atomic E-state index is 14.1. The molecule has 42 heavy (non-hydrogen) atoms. The zero-order chi connectivity index (χ0) is 30.0. The van der Waals surface area contributed by atoms with E-state index in [0.717, 1.165) is 16.7 Å². The van der Waals surface area contributed by atoms with E-state index in [1.54, 1.807) is 25.8 Å². The number of nitrogens with zero attached hydrogens (tertiary/aromatic N) is 4. The summed E-state index contributed by atoms with van der Waals surface area (Å²) in [6, 6.07) is 29.3. The van der Waals surface area contributed by atoms with E-state index in [2.05, 4.69) is 41.3 Å². The van der Waals surface area contributed by atoms with Crippen molar-refractivity contribution in [2.45, 2.75) is 44.4 Å². The van der Waals surface area contributed by atoms with E-state index in [1.807, 2.05) is 66.4 Å². The van der Waals surface area contributed by atoms with Gasteiger partial charge in [-0.2, -0.15) is 0 Å². The van der Waals surface area contributed by atoms with Gasteiger partial charge in [-0.1, -0.05) is 105 Å². The molecule has 0 aliphatic carbocycles. The molecule has 2 fully saturated rings. The summed E-state index contributed by atoms with van der Waals surface area (Å²) in [7, 11) is 1.54. The molecule has 2 saturated heterocycles. The third-order valence-corrected chi connectivity index (χ3v) is 8.69. The number of carbonyl (C=O) groups excluding carboxylic acids is 2. The quantitative estimate of drug-likeness (QED) is 0.323. The van der Waals surface area contributed by atoms with Crippen LogP contribution >= 0.6 is 0 Å². The first-order valence-corrected chi connectivity index (χ1v) is 14.7. The summed E-state index contributed by atoms with van der Waals surface area (Å²) in [6.45, 7) is 7.27. The van der Waals surface area contributed by atoms with Gasteiger partial charge in [-0.25, -0.2) is 9.59 Å². The van der Waals surface area contributed by atoms with Crippen LogP contribution in [0.3, 0.4) is 0 Å². The van der Waals surface area contributed by atoms with E-state index >= 15 is 0 Å². The number of amides is 3. The lowest BCUT2D eigenvalue weighted by Crippen LogP contribution is -2.60. The third-order valence-electron chi connectivity index (χ3n) is 8.69. The van der Waals surface area contributed by atoms with Crippen LogP contribution in [-0.4, -0.2) is 94.0 Å². The Balaban J connectivity index is 1.39. The molecule has 2 aliphatic rings. The minimum absolute atomic E-state index is 0.0562. The monoisotopic (exact) mass is 568 g/mol. The van der Waals surface area contributed by atoms with Gasteiger partial charge in [0, 0.05) is 39.3 Å². The van der Waals surface area contributed by atoms with E-state index in [4.69, 9.17) is 0 Å². The summed E-state index contributed by atoms with van der Waals surface area (Å²) in [6.07, 6.45) is 0. The number of hydrogen-bond donors (Lipinski definition) is 1. The van der Waals surface area contributed by atoms with Gasteiger partial charge in [0.05, 0.1) is 5.54 Å². The number of likely N-dealkylation sites (N-methyl/N-ethyl adjacent to an activating group) is 1. The molecular formula is C34H40N4O4. The molecule has 0 spiro atoms. The summed E-state index contributed by atoms with van der Waals surface area (Å²) >= 11 is 0. The largest absolute Gasteiger partial charge is 0.480 e. The molecule has 3 amide bonds. The molecule has 220 valence electrons. The van der Waals surface area contributed by atoms with Crippen LogP contribution in [0.25, 0.3) is 0 Å². The summed E-state index contributed by atoms with van der Waals surface area (Å²) < 4.78 is 0. The normalized spacial score (nSPS) is 21.1. The standard InChI is InChI=1S/C34H40N4O4/c1-24(2)30(32(40)41)35(4)33(42)36-20-21-37(25(3)22-36)31(39)29-23-38(29)34(26-14-8-5-9-15-26,27-16-10-6-11-17-27)28-18-12-7-13-19-28/h5-19,24-25,29-30H,20-23H2,1-4H3,(H,40,41)/t25-,29-,30+,38?/m1/s1. The molecule has 3 aromatic rings. The molecule has 8 nitrogen and oxygen atoms in total. The van der Waals surface area contributed by atoms with Crippen LogP contribution in [0.2, 0.25) is 0 Å². The lowest BCUT2D eigenvalue weighted by molar-refractivity contribution is -0.143. The molecule has 0 radical (unpaired) electrons. The molecular weight excluding hydrogens is 528 g/mol. The first kappa shape index (κ1) is 29.3. The number of piperazine rings is 1. The van der Waals surface area contributed by atoms with Gasteiger partial charge in [-0.05, 0) is 29.5 Å². The maximum atomic E-state index is 14.1. The van der Waals surface area contributed by atoms with E-state index in [9.17, 15) is 19.5 Å². The fourth-order valence-electron chi connectivity index (χ4n) is 6.65. The molecule has 0 aromatic heterocycles. The van der Waals surface area contributed by atoms with Gasteiger partial charge in [0.1, 0.15) is 12.1 Å². The highest BCUT2D eigenvalue weighted by atomic mass is 16.4. The van der Waals surface area contributed by atoms with Crippen molar-refractivity contribution in [3.63, 3.8) is 0 Å². The van der Waals surface area contributed by atoms with Crippen LogP contribution in [0.15, 0.2) is 91.0 Å². The van der Waals surface area contributed by atoms with Crippen molar-refractivity contribution >= 4 is 17.9 Å². The summed E-state index contributed by atoms with van der Waals surface area (Å²) in [4.78, 5) is 46.3. The van der Waals surface area contributed by atoms with Crippen molar-refractivity contribution in [1.29, 1.82) is 0 Å². The van der Waals surface area contributed by atoms with Crippen LogP contribution in [0.4, 0.5) is 4.79 Å². The van der Waals surface area contributed by atoms with E-state index in [1.165, 1.54) is 4.90 Å². The Morgan fingerprint density at radius 2 is 1.29 bits per heavy atom. The van der Waals surface area contributed by atoms with Crippen LogP contribution in [0.5, 0.6) is 0 Å². The molecule has 2 aliphatic heterocycles. The Morgan fingerprint density at radius 1 is 0.810 bits per heavy atom. The number of carbonyl (C=O) groups is 3. The average molecular weight is 569 g/mol. The van der Waals surface area contributed by atoms with Gasteiger partial charge in [0.25, 0.3) is 0 Å².